The van der Waals surface area contributed by atoms with Gasteiger partial charge in [0.2, 0.25) is 0 Å². The second-order valence-corrected chi connectivity index (χ2v) is 13.0. The molecule has 0 aliphatic carbocycles. The Balaban J connectivity index is 1.93. The van der Waals surface area contributed by atoms with Crippen LogP contribution in [0.15, 0.2) is 54.6 Å². The molecule has 4 nitrogen and oxygen atoms in total. The topological polar surface area (TPSA) is 57.4 Å². The number of H-pyrrole nitrogens is 2. The third-order valence-corrected chi connectivity index (χ3v) is 12.0. The molecule has 2 N–H and O–H groups in total. The average molecular weight is 579 g/mol. The van der Waals surface area contributed by atoms with Gasteiger partial charge in [-0.05, 0) is 106 Å². The zero-order valence-electron chi connectivity index (χ0n) is 28.2. The summed E-state index contributed by atoms with van der Waals surface area (Å²) in [5.74, 6) is 0. The van der Waals surface area contributed by atoms with Crippen molar-refractivity contribution >= 4 is 0 Å². The van der Waals surface area contributed by atoms with Gasteiger partial charge in [-0.2, -0.15) is 0 Å². The molecule has 8 bridgehead atoms. The zero-order chi connectivity index (χ0) is 31.0. The third kappa shape index (κ3) is 4.37. The summed E-state index contributed by atoms with van der Waals surface area (Å²) in [5, 5.41) is 0. The van der Waals surface area contributed by atoms with E-state index in [2.05, 4.69) is 127 Å². The van der Waals surface area contributed by atoms with Crippen LogP contribution in [-0.4, -0.2) is 19.9 Å². The van der Waals surface area contributed by atoms with Crippen molar-refractivity contribution in [1.82, 2.24) is 19.9 Å². The quantitative estimate of drug-likeness (QED) is 0.218. The first-order valence-electron chi connectivity index (χ1n) is 17.1. The van der Waals surface area contributed by atoms with Gasteiger partial charge in [0.1, 0.15) is 0 Å². The summed E-state index contributed by atoms with van der Waals surface area (Å²) in [6.45, 7) is 20.8. The predicted molar refractivity (Wildman–Crippen MR) is 180 cm³/mol. The molecule has 43 heavy (non-hydrogen) atoms. The van der Waals surface area contributed by atoms with Gasteiger partial charge in [-0.25, -0.2) is 0 Å². The van der Waals surface area contributed by atoms with Gasteiger partial charge in [0.25, 0.3) is 0 Å². The highest BCUT2D eigenvalue weighted by Gasteiger charge is 2.43. The molecule has 4 heteroatoms. The van der Waals surface area contributed by atoms with E-state index < -0.39 is 0 Å². The lowest BCUT2D eigenvalue weighted by Gasteiger charge is -2.38. The van der Waals surface area contributed by atoms with Crippen molar-refractivity contribution in [2.24, 2.45) is 0 Å². The van der Waals surface area contributed by atoms with Gasteiger partial charge in [-0.3, -0.25) is 9.97 Å². The van der Waals surface area contributed by atoms with Crippen LogP contribution in [0.4, 0.5) is 0 Å². The smallest absolute Gasteiger partial charge is 0.0556 e. The monoisotopic (exact) mass is 578 g/mol. The van der Waals surface area contributed by atoms with E-state index in [1.54, 1.807) is 0 Å². The predicted octanol–water partition coefficient (Wildman–Crippen LogP) is 10.2. The first-order chi connectivity index (χ1) is 20.7. The van der Waals surface area contributed by atoms with E-state index >= 15 is 0 Å². The number of hydrogen-bond donors (Lipinski definition) is 2. The highest BCUT2D eigenvalue weighted by Crippen LogP contribution is 2.47. The zero-order valence-corrected chi connectivity index (χ0v) is 28.2. The first kappa shape index (κ1) is 31.3. The van der Waals surface area contributed by atoms with Crippen molar-refractivity contribution in [3.8, 4) is 0 Å². The molecular weight excluding hydrogens is 524 g/mol. The van der Waals surface area contributed by atoms with Crippen molar-refractivity contribution in [3.05, 3.63) is 106 Å². The fraction of sp³-hybridized carbons (Fsp3) is 0.538. The molecule has 0 radical (unpaired) electrons. The molecule has 5 rings (SSSR count). The number of rotatable bonds is 8. The van der Waals surface area contributed by atoms with Gasteiger partial charge in [-0.15, -0.1) is 0 Å². The first-order valence-corrected chi connectivity index (χ1v) is 17.1. The van der Waals surface area contributed by atoms with Crippen LogP contribution in [0.3, 0.4) is 0 Å². The number of aryl methyl sites for hydroxylation is 1. The van der Waals surface area contributed by atoms with Crippen molar-refractivity contribution in [3.63, 3.8) is 0 Å². The molecular formula is C39H54N4. The minimum Gasteiger partial charge on any atom is -0.361 e. The fourth-order valence-corrected chi connectivity index (χ4v) is 8.64. The van der Waals surface area contributed by atoms with Gasteiger partial charge < -0.3 is 9.97 Å². The summed E-state index contributed by atoms with van der Waals surface area (Å²) in [4.78, 5) is 19.4. The average Bonchev–Trinajstić information content (AvgIpc) is 3.75. The fourth-order valence-electron chi connectivity index (χ4n) is 8.64. The number of aromatic nitrogens is 4. The molecule has 5 heterocycles. The maximum atomic E-state index is 5.68. The van der Waals surface area contributed by atoms with Crippen molar-refractivity contribution in [1.29, 1.82) is 0 Å². The van der Waals surface area contributed by atoms with E-state index in [4.69, 9.17) is 9.97 Å². The number of nitrogens with zero attached hydrogens (tertiary/aromatic N) is 2. The molecule has 230 valence electrons. The molecule has 1 aliphatic heterocycles. The Hall–Kier alpha value is -3.14. The van der Waals surface area contributed by atoms with E-state index in [-0.39, 0.29) is 21.7 Å². The summed E-state index contributed by atoms with van der Waals surface area (Å²) in [7, 11) is 0. The lowest BCUT2D eigenvalue weighted by molar-refractivity contribution is 0.406. The van der Waals surface area contributed by atoms with Gasteiger partial charge >= 0.3 is 0 Å². The number of fused-ring (bicyclic) bond motifs is 8. The van der Waals surface area contributed by atoms with E-state index in [0.29, 0.717) is 0 Å². The van der Waals surface area contributed by atoms with Crippen LogP contribution in [0.25, 0.3) is 0 Å². The summed E-state index contributed by atoms with van der Waals surface area (Å²) < 4.78 is 0. The number of aromatic amines is 2. The Morgan fingerprint density at radius 2 is 0.837 bits per heavy atom. The molecule has 0 spiro atoms. The summed E-state index contributed by atoms with van der Waals surface area (Å²) in [6, 6.07) is 20.8. The van der Waals surface area contributed by atoms with Crippen LogP contribution >= 0.6 is 0 Å². The SMILES string of the molecule is CCC1(CC)c2cccc(n2)C(CC)(CC)c2ccc([nH]2)C(CC)(CC)c2ccc([nH]2)C(CC)(CC)c2nc1ccc2C. The molecule has 4 aromatic heterocycles. The lowest BCUT2D eigenvalue weighted by Crippen LogP contribution is -2.35. The van der Waals surface area contributed by atoms with Gasteiger partial charge in [0.15, 0.2) is 0 Å². The molecule has 1 aliphatic rings. The van der Waals surface area contributed by atoms with Crippen molar-refractivity contribution in [2.75, 3.05) is 0 Å². The van der Waals surface area contributed by atoms with Crippen LogP contribution in [-0.2, 0) is 21.7 Å². The van der Waals surface area contributed by atoms with Gasteiger partial charge in [0.05, 0.1) is 39.0 Å². The second-order valence-electron chi connectivity index (χ2n) is 13.0. The molecule has 0 saturated heterocycles. The van der Waals surface area contributed by atoms with Crippen LogP contribution in [0.1, 0.15) is 158 Å². The maximum Gasteiger partial charge on any atom is 0.0556 e. The highest BCUT2D eigenvalue weighted by atomic mass is 14.9. The third-order valence-electron chi connectivity index (χ3n) is 12.0. The number of hydrogen-bond acceptors (Lipinski definition) is 2. The Bertz CT molecular complexity index is 1540. The summed E-state index contributed by atoms with van der Waals surface area (Å²) >= 11 is 0. The Morgan fingerprint density at radius 1 is 0.442 bits per heavy atom. The van der Waals surface area contributed by atoms with Gasteiger partial charge in [0, 0.05) is 28.2 Å². The second kappa shape index (κ2) is 11.7. The van der Waals surface area contributed by atoms with Crippen LogP contribution in [0.2, 0.25) is 0 Å². The standard InChI is InChI=1S/C39H54N4/c1-10-36(11-2)28-19-18-20-29(40-28)37(12-3,13-4)33-22-21-27(9)35(43-33)39(16-7,17-8)34-26-25-32(42-34)38(14-5,15-6)31-24-23-30(36)41-31/h18-26,41-42H,10-17H2,1-9H3. The lowest BCUT2D eigenvalue weighted by atomic mass is 9.71. The summed E-state index contributed by atoms with van der Waals surface area (Å²) in [6.07, 6.45) is 7.82. The molecule has 0 fully saturated rings. The van der Waals surface area contributed by atoms with Crippen LogP contribution < -0.4 is 0 Å². The van der Waals surface area contributed by atoms with Crippen LogP contribution in [0.5, 0.6) is 0 Å². The molecule has 0 amide bonds. The van der Waals surface area contributed by atoms with E-state index in [9.17, 15) is 0 Å². The number of nitrogens with one attached hydrogen (secondary N) is 2. The minimum absolute atomic E-state index is 0.132. The molecule has 4 aromatic rings. The Labute approximate surface area is 260 Å². The van der Waals surface area contributed by atoms with E-state index in [1.807, 2.05) is 0 Å². The maximum absolute atomic E-state index is 5.68. The summed E-state index contributed by atoms with van der Waals surface area (Å²) in [5.41, 5.74) is 10.2. The Morgan fingerprint density at radius 3 is 1.30 bits per heavy atom. The Kier molecular flexibility index (Phi) is 8.55. The molecule has 0 saturated carbocycles. The normalized spacial score (nSPS) is 18.0. The van der Waals surface area contributed by atoms with E-state index in [0.717, 1.165) is 68.4 Å². The molecule has 0 aromatic carbocycles. The largest absolute Gasteiger partial charge is 0.361 e. The highest BCUT2D eigenvalue weighted by molar-refractivity contribution is 5.45. The molecule has 0 atom stereocenters. The van der Waals surface area contributed by atoms with Crippen molar-refractivity contribution < 1.29 is 0 Å². The molecule has 0 unspecified atom stereocenters. The van der Waals surface area contributed by atoms with E-state index in [1.165, 1.54) is 34.0 Å². The van der Waals surface area contributed by atoms with Gasteiger partial charge in [-0.1, -0.05) is 67.5 Å². The van der Waals surface area contributed by atoms with Crippen molar-refractivity contribution in [2.45, 2.75) is 135 Å². The number of pyridine rings is 2. The van der Waals surface area contributed by atoms with Crippen LogP contribution in [0, 0.1) is 6.92 Å². The minimum atomic E-state index is -0.267.